The van der Waals surface area contributed by atoms with E-state index in [4.69, 9.17) is 22.8 Å². The summed E-state index contributed by atoms with van der Waals surface area (Å²) < 4.78 is 4.96. The van der Waals surface area contributed by atoms with Crippen molar-refractivity contribution in [3.8, 4) is 12.3 Å². The molecule has 17 heavy (non-hydrogen) atoms. The summed E-state index contributed by atoms with van der Waals surface area (Å²) in [6.45, 7) is 2.40. The van der Waals surface area contributed by atoms with E-state index in [1.165, 1.54) is 0 Å². The van der Waals surface area contributed by atoms with Gasteiger partial charge in [0, 0.05) is 13.2 Å². The van der Waals surface area contributed by atoms with Crippen LogP contribution in [-0.2, 0) is 11.3 Å². The first kappa shape index (κ1) is 13.8. The van der Waals surface area contributed by atoms with Crippen LogP contribution < -0.4 is 5.32 Å². The Bertz CT molecular complexity index is 403. The summed E-state index contributed by atoms with van der Waals surface area (Å²) >= 11 is 5.89. The number of halogens is 1. The number of hydrogen-bond donors (Lipinski definition) is 1. The summed E-state index contributed by atoms with van der Waals surface area (Å²) in [4.78, 5) is 8.31. The second kappa shape index (κ2) is 7.10. The van der Waals surface area contributed by atoms with E-state index in [1.807, 2.05) is 0 Å². The molecule has 1 N–H and O–H groups in total. The molecule has 92 valence electrons. The molecule has 4 nitrogen and oxygen atoms in total. The van der Waals surface area contributed by atoms with Gasteiger partial charge in [-0.2, -0.15) is 0 Å². The fourth-order valence-corrected chi connectivity index (χ4v) is 1.60. The number of terminal acetylenes is 1. The van der Waals surface area contributed by atoms with Gasteiger partial charge in [0.1, 0.15) is 17.6 Å². The maximum atomic E-state index is 5.89. The first-order valence-electron chi connectivity index (χ1n) is 5.44. The fraction of sp³-hybridized carbons (Fsp3) is 0.500. The van der Waals surface area contributed by atoms with Gasteiger partial charge >= 0.3 is 0 Å². The summed E-state index contributed by atoms with van der Waals surface area (Å²) in [5, 5.41) is 3.52. The lowest BCUT2D eigenvalue weighted by atomic mass is 10.2. The van der Waals surface area contributed by atoms with E-state index >= 15 is 0 Å². The molecule has 5 heteroatoms. The molecule has 0 saturated carbocycles. The van der Waals surface area contributed by atoms with Crippen molar-refractivity contribution in [2.45, 2.75) is 32.4 Å². The molecule has 1 aromatic heterocycles. The Morgan fingerprint density at radius 2 is 2.35 bits per heavy atom. The van der Waals surface area contributed by atoms with E-state index in [1.54, 1.807) is 13.2 Å². The standard InChI is InChI=1S/C12H16ClN3O/c1-4-6-9(5-2)14-11-7-10(13)15-12(16-11)8-17-3/h2,7,9H,4,6,8H2,1,3H3,(H,14,15,16). The van der Waals surface area contributed by atoms with Gasteiger partial charge in [-0.25, -0.2) is 9.97 Å². The summed E-state index contributed by atoms with van der Waals surface area (Å²) in [7, 11) is 1.58. The number of nitrogens with one attached hydrogen (secondary N) is 1. The lowest BCUT2D eigenvalue weighted by Crippen LogP contribution is -2.18. The highest BCUT2D eigenvalue weighted by molar-refractivity contribution is 6.29. The van der Waals surface area contributed by atoms with E-state index in [-0.39, 0.29) is 6.04 Å². The highest BCUT2D eigenvalue weighted by atomic mass is 35.5. The minimum atomic E-state index is -0.0404. The minimum absolute atomic E-state index is 0.0404. The molecule has 0 radical (unpaired) electrons. The third-order valence-electron chi connectivity index (χ3n) is 2.12. The highest BCUT2D eigenvalue weighted by Gasteiger charge is 2.07. The summed E-state index contributed by atoms with van der Waals surface area (Å²) in [6, 6.07) is 1.61. The van der Waals surface area contributed by atoms with E-state index in [9.17, 15) is 0 Å². The van der Waals surface area contributed by atoms with Crippen molar-refractivity contribution in [2.24, 2.45) is 0 Å². The largest absolute Gasteiger partial charge is 0.377 e. The van der Waals surface area contributed by atoms with Crippen molar-refractivity contribution in [3.63, 3.8) is 0 Å². The van der Waals surface area contributed by atoms with Crippen molar-refractivity contribution in [1.82, 2.24) is 9.97 Å². The molecule has 1 rings (SSSR count). The quantitative estimate of drug-likeness (QED) is 0.625. The van der Waals surface area contributed by atoms with Crippen LogP contribution in [0.5, 0.6) is 0 Å². The van der Waals surface area contributed by atoms with Crippen molar-refractivity contribution in [2.75, 3.05) is 12.4 Å². The minimum Gasteiger partial charge on any atom is -0.377 e. The van der Waals surface area contributed by atoms with Crippen molar-refractivity contribution in [3.05, 3.63) is 17.0 Å². The normalized spacial score (nSPS) is 11.9. The third-order valence-corrected chi connectivity index (χ3v) is 2.31. The van der Waals surface area contributed by atoms with Gasteiger partial charge in [-0.15, -0.1) is 6.42 Å². The summed E-state index contributed by atoms with van der Waals surface area (Å²) in [6.07, 6.45) is 7.32. The maximum Gasteiger partial charge on any atom is 0.158 e. The monoisotopic (exact) mass is 253 g/mol. The predicted octanol–water partition coefficient (Wildman–Crippen LogP) is 2.49. The van der Waals surface area contributed by atoms with Gasteiger partial charge in [0.15, 0.2) is 5.82 Å². The number of hydrogen-bond acceptors (Lipinski definition) is 4. The molecule has 0 aliphatic carbocycles. The first-order valence-corrected chi connectivity index (χ1v) is 5.82. The van der Waals surface area contributed by atoms with Crippen LogP contribution in [0.4, 0.5) is 5.82 Å². The average molecular weight is 254 g/mol. The molecule has 0 aromatic carbocycles. The smallest absolute Gasteiger partial charge is 0.158 e. The van der Waals surface area contributed by atoms with E-state index in [0.717, 1.165) is 12.8 Å². The molecule has 0 saturated heterocycles. The molecular weight excluding hydrogens is 238 g/mol. The Balaban J connectivity index is 2.79. The molecule has 0 bridgehead atoms. The summed E-state index contributed by atoms with van der Waals surface area (Å²) in [5.74, 6) is 3.85. The average Bonchev–Trinajstić information content (AvgIpc) is 2.28. The number of anilines is 1. The Hall–Kier alpha value is -1.31. The van der Waals surface area contributed by atoms with Gasteiger partial charge in [0.2, 0.25) is 0 Å². The van der Waals surface area contributed by atoms with Crippen molar-refractivity contribution >= 4 is 17.4 Å². The molecule has 0 spiro atoms. The molecule has 1 unspecified atom stereocenters. The SMILES string of the molecule is C#CC(CCC)Nc1cc(Cl)nc(COC)n1. The topological polar surface area (TPSA) is 47.0 Å². The summed E-state index contributed by atoms with van der Waals surface area (Å²) in [5.41, 5.74) is 0. The zero-order valence-electron chi connectivity index (χ0n) is 10.0. The Morgan fingerprint density at radius 1 is 1.59 bits per heavy atom. The number of rotatable bonds is 6. The highest BCUT2D eigenvalue weighted by Crippen LogP contribution is 2.14. The fourth-order valence-electron chi connectivity index (χ4n) is 1.40. The van der Waals surface area contributed by atoms with Gasteiger partial charge < -0.3 is 10.1 Å². The van der Waals surface area contributed by atoms with Crippen LogP contribution in [0.3, 0.4) is 0 Å². The molecular formula is C12H16ClN3O. The van der Waals surface area contributed by atoms with Crippen molar-refractivity contribution < 1.29 is 4.74 Å². The predicted molar refractivity (Wildman–Crippen MR) is 68.9 cm³/mol. The zero-order chi connectivity index (χ0) is 12.7. The molecule has 1 aromatic rings. The van der Waals surface area contributed by atoms with Crippen LogP contribution >= 0.6 is 11.6 Å². The van der Waals surface area contributed by atoms with E-state index in [2.05, 4.69) is 28.1 Å². The number of aromatic nitrogens is 2. The molecule has 0 aliphatic rings. The number of nitrogens with zero attached hydrogens (tertiary/aromatic N) is 2. The number of ether oxygens (including phenoxy) is 1. The molecule has 0 fully saturated rings. The molecule has 0 aliphatic heterocycles. The van der Waals surface area contributed by atoms with Gasteiger partial charge in [-0.05, 0) is 6.42 Å². The Morgan fingerprint density at radius 3 is 2.94 bits per heavy atom. The van der Waals surface area contributed by atoms with Gasteiger partial charge in [0.25, 0.3) is 0 Å². The van der Waals surface area contributed by atoms with Crippen LogP contribution in [0.15, 0.2) is 6.07 Å². The van der Waals surface area contributed by atoms with E-state index < -0.39 is 0 Å². The third kappa shape index (κ3) is 4.59. The van der Waals surface area contributed by atoms with Crippen LogP contribution in [-0.4, -0.2) is 23.1 Å². The zero-order valence-corrected chi connectivity index (χ0v) is 10.8. The molecule has 0 amide bonds. The van der Waals surface area contributed by atoms with Crippen LogP contribution in [0, 0.1) is 12.3 Å². The van der Waals surface area contributed by atoms with Crippen LogP contribution in [0.25, 0.3) is 0 Å². The molecule has 1 heterocycles. The van der Waals surface area contributed by atoms with Crippen molar-refractivity contribution in [1.29, 1.82) is 0 Å². The molecule has 1 atom stereocenters. The van der Waals surface area contributed by atoms with Gasteiger partial charge in [-0.3, -0.25) is 0 Å². The van der Waals surface area contributed by atoms with Crippen LogP contribution in [0.2, 0.25) is 5.15 Å². The number of methoxy groups -OCH3 is 1. The Kier molecular flexibility index (Phi) is 5.75. The first-order chi connectivity index (χ1) is 8.19. The van der Waals surface area contributed by atoms with E-state index in [0.29, 0.717) is 23.4 Å². The second-order valence-corrected chi connectivity index (χ2v) is 3.96. The lowest BCUT2D eigenvalue weighted by molar-refractivity contribution is 0.178. The lowest BCUT2D eigenvalue weighted by Gasteiger charge is -2.13. The van der Waals surface area contributed by atoms with Crippen LogP contribution in [0.1, 0.15) is 25.6 Å². The Labute approximate surface area is 107 Å². The maximum absolute atomic E-state index is 5.89. The van der Waals surface area contributed by atoms with Gasteiger partial charge in [0.05, 0.1) is 6.04 Å². The van der Waals surface area contributed by atoms with Gasteiger partial charge in [-0.1, -0.05) is 30.9 Å². The second-order valence-electron chi connectivity index (χ2n) is 3.58.